The quantitative estimate of drug-likeness (QED) is 0.788. The minimum atomic E-state index is -1.07. The highest BCUT2D eigenvalue weighted by atomic mass is 16.3. The third-order valence-corrected chi connectivity index (χ3v) is 5.03. The standard InChI is InChI=1S/C21H28N2O3/c1-21(2,26)10-9-16-7-6-8-17(13-16)20(25)23-14-18(19(24)15-23)22-11-4-3-5-12-22/h6-8,13,18-19,24,26H,3-5,11-12,14-15H2,1-2H3/t18-,19-/m0/s1. The fourth-order valence-electron chi connectivity index (χ4n) is 3.68. The highest BCUT2D eigenvalue weighted by molar-refractivity contribution is 5.94. The molecule has 2 atom stereocenters. The van der Waals surface area contributed by atoms with Crippen LogP contribution in [0.15, 0.2) is 24.3 Å². The van der Waals surface area contributed by atoms with Gasteiger partial charge in [0.2, 0.25) is 0 Å². The predicted molar refractivity (Wildman–Crippen MR) is 101 cm³/mol. The van der Waals surface area contributed by atoms with Gasteiger partial charge >= 0.3 is 0 Å². The number of aliphatic hydroxyl groups excluding tert-OH is 1. The summed E-state index contributed by atoms with van der Waals surface area (Å²) in [7, 11) is 0. The van der Waals surface area contributed by atoms with Gasteiger partial charge in [0.15, 0.2) is 0 Å². The average molecular weight is 356 g/mol. The third-order valence-electron chi connectivity index (χ3n) is 5.03. The van der Waals surface area contributed by atoms with Crippen LogP contribution in [0.3, 0.4) is 0 Å². The Morgan fingerprint density at radius 1 is 1.19 bits per heavy atom. The first kappa shape index (κ1) is 18.9. The summed E-state index contributed by atoms with van der Waals surface area (Å²) in [5.74, 6) is 5.60. The molecule has 0 radical (unpaired) electrons. The van der Waals surface area contributed by atoms with E-state index in [0.717, 1.165) is 13.1 Å². The van der Waals surface area contributed by atoms with Crippen molar-refractivity contribution in [3.8, 4) is 11.8 Å². The number of β-amino-alcohol motifs (C(OH)–C–C–N with tert-alkyl or cyclic N) is 1. The number of hydrogen-bond acceptors (Lipinski definition) is 4. The Labute approximate surface area is 155 Å². The van der Waals surface area contributed by atoms with Crippen molar-refractivity contribution in [2.75, 3.05) is 26.2 Å². The lowest BCUT2D eigenvalue weighted by Crippen LogP contribution is -2.46. The molecule has 2 saturated heterocycles. The van der Waals surface area contributed by atoms with Gasteiger partial charge in [0, 0.05) is 24.2 Å². The van der Waals surface area contributed by atoms with Gasteiger partial charge in [0.05, 0.1) is 12.1 Å². The number of piperidine rings is 1. The molecule has 0 bridgehead atoms. The maximum absolute atomic E-state index is 12.9. The highest BCUT2D eigenvalue weighted by Gasteiger charge is 2.38. The third kappa shape index (κ3) is 4.64. The van der Waals surface area contributed by atoms with Crippen molar-refractivity contribution < 1.29 is 15.0 Å². The van der Waals surface area contributed by atoms with Gasteiger partial charge in [0.25, 0.3) is 5.91 Å². The molecule has 2 N–H and O–H groups in total. The van der Waals surface area contributed by atoms with Crippen LogP contribution in [-0.4, -0.2) is 69.8 Å². The van der Waals surface area contributed by atoms with E-state index in [-0.39, 0.29) is 11.9 Å². The second-order valence-corrected chi connectivity index (χ2v) is 7.83. The summed E-state index contributed by atoms with van der Waals surface area (Å²) in [5.41, 5.74) is 0.199. The molecule has 2 aliphatic rings. The van der Waals surface area contributed by atoms with Gasteiger partial charge in [-0.2, -0.15) is 0 Å². The summed E-state index contributed by atoms with van der Waals surface area (Å²) < 4.78 is 0. The fourth-order valence-corrected chi connectivity index (χ4v) is 3.68. The van der Waals surface area contributed by atoms with E-state index in [2.05, 4.69) is 16.7 Å². The molecule has 0 aliphatic carbocycles. The van der Waals surface area contributed by atoms with Gasteiger partial charge in [0.1, 0.15) is 5.60 Å². The highest BCUT2D eigenvalue weighted by Crippen LogP contribution is 2.22. The van der Waals surface area contributed by atoms with E-state index in [1.807, 2.05) is 6.07 Å². The summed E-state index contributed by atoms with van der Waals surface area (Å²) in [6, 6.07) is 7.19. The molecule has 5 heteroatoms. The van der Waals surface area contributed by atoms with Crippen LogP contribution in [0.1, 0.15) is 49.0 Å². The Hall–Kier alpha value is -1.87. The first-order valence-electron chi connectivity index (χ1n) is 9.40. The van der Waals surface area contributed by atoms with Gasteiger partial charge in [-0.25, -0.2) is 0 Å². The first-order chi connectivity index (χ1) is 12.3. The van der Waals surface area contributed by atoms with Gasteiger partial charge < -0.3 is 15.1 Å². The molecule has 1 aromatic carbocycles. The van der Waals surface area contributed by atoms with Crippen LogP contribution >= 0.6 is 0 Å². The van der Waals surface area contributed by atoms with E-state index >= 15 is 0 Å². The average Bonchev–Trinajstić information content (AvgIpc) is 3.01. The van der Waals surface area contributed by atoms with E-state index in [9.17, 15) is 15.0 Å². The van der Waals surface area contributed by atoms with Crippen LogP contribution < -0.4 is 0 Å². The molecule has 5 nitrogen and oxygen atoms in total. The van der Waals surface area contributed by atoms with E-state index in [4.69, 9.17) is 0 Å². The predicted octanol–water partition coefficient (Wildman–Crippen LogP) is 1.48. The van der Waals surface area contributed by atoms with Crippen molar-refractivity contribution in [2.45, 2.75) is 50.9 Å². The minimum Gasteiger partial charge on any atom is -0.390 e. The van der Waals surface area contributed by atoms with Crippen molar-refractivity contribution in [3.63, 3.8) is 0 Å². The van der Waals surface area contributed by atoms with Gasteiger partial charge in [-0.3, -0.25) is 9.69 Å². The van der Waals surface area contributed by atoms with E-state index in [1.165, 1.54) is 19.3 Å². The molecule has 2 aliphatic heterocycles. The Morgan fingerprint density at radius 3 is 2.62 bits per heavy atom. The number of rotatable bonds is 2. The lowest BCUT2D eigenvalue weighted by Gasteiger charge is -2.33. The largest absolute Gasteiger partial charge is 0.390 e. The molecule has 2 heterocycles. The van der Waals surface area contributed by atoms with Crippen LogP contribution in [0.4, 0.5) is 0 Å². The van der Waals surface area contributed by atoms with Crippen molar-refractivity contribution >= 4 is 5.91 Å². The normalized spacial score (nSPS) is 24.2. The Balaban J connectivity index is 1.70. The van der Waals surface area contributed by atoms with Crippen molar-refractivity contribution in [1.82, 2.24) is 9.80 Å². The summed E-state index contributed by atoms with van der Waals surface area (Å²) >= 11 is 0. The number of carbonyl (C=O) groups excluding carboxylic acids is 1. The number of nitrogens with zero attached hydrogens (tertiary/aromatic N) is 2. The number of aliphatic hydroxyl groups is 2. The molecular formula is C21H28N2O3. The first-order valence-corrected chi connectivity index (χ1v) is 9.40. The van der Waals surface area contributed by atoms with Crippen molar-refractivity contribution in [3.05, 3.63) is 35.4 Å². The molecule has 0 saturated carbocycles. The fraction of sp³-hybridized carbons (Fsp3) is 0.571. The van der Waals surface area contributed by atoms with Crippen LogP contribution in [-0.2, 0) is 0 Å². The molecule has 3 rings (SSSR count). The lowest BCUT2D eigenvalue weighted by atomic mass is 10.1. The molecule has 1 aromatic rings. The summed E-state index contributed by atoms with van der Waals surface area (Å²) in [6.07, 6.45) is 3.09. The van der Waals surface area contributed by atoms with Gasteiger partial charge in [-0.1, -0.05) is 24.3 Å². The van der Waals surface area contributed by atoms with E-state index in [1.54, 1.807) is 36.9 Å². The lowest BCUT2D eigenvalue weighted by molar-refractivity contribution is 0.0702. The molecule has 140 valence electrons. The number of benzene rings is 1. The smallest absolute Gasteiger partial charge is 0.254 e. The van der Waals surface area contributed by atoms with E-state index in [0.29, 0.717) is 24.2 Å². The van der Waals surface area contributed by atoms with Crippen LogP contribution in [0, 0.1) is 11.8 Å². The monoisotopic (exact) mass is 356 g/mol. The van der Waals surface area contributed by atoms with Crippen molar-refractivity contribution in [2.24, 2.45) is 0 Å². The Kier molecular flexibility index (Phi) is 5.67. The second-order valence-electron chi connectivity index (χ2n) is 7.83. The van der Waals surface area contributed by atoms with Gasteiger partial charge in [-0.15, -0.1) is 0 Å². The zero-order valence-electron chi connectivity index (χ0n) is 15.6. The van der Waals surface area contributed by atoms with Gasteiger partial charge in [-0.05, 0) is 58.0 Å². The number of amides is 1. The van der Waals surface area contributed by atoms with Crippen LogP contribution in [0.25, 0.3) is 0 Å². The minimum absolute atomic E-state index is 0.0393. The number of carbonyl (C=O) groups is 1. The Bertz CT molecular complexity index is 708. The summed E-state index contributed by atoms with van der Waals surface area (Å²) in [4.78, 5) is 16.9. The number of likely N-dealkylation sites (tertiary alicyclic amines) is 2. The molecule has 0 aromatic heterocycles. The molecule has 0 unspecified atom stereocenters. The summed E-state index contributed by atoms with van der Waals surface area (Å²) in [6.45, 7) is 6.21. The molecule has 0 spiro atoms. The van der Waals surface area contributed by atoms with Crippen molar-refractivity contribution in [1.29, 1.82) is 0 Å². The zero-order valence-corrected chi connectivity index (χ0v) is 15.6. The number of hydrogen-bond donors (Lipinski definition) is 2. The molecule has 1 amide bonds. The SMILES string of the molecule is CC(C)(O)C#Cc1cccc(C(=O)N2C[C@H](O)[C@@H](N3CCCCC3)C2)c1. The second kappa shape index (κ2) is 7.79. The molecule has 26 heavy (non-hydrogen) atoms. The topological polar surface area (TPSA) is 64.0 Å². The zero-order chi connectivity index (χ0) is 18.7. The Morgan fingerprint density at radius 2 is 1.92 bits per heavy atom. The van der Waals surface area contributed by atoms with E-state index < -0.39 is 11.7 Å². The van der Waals surface area contributed by atoms with Crippen LogP contribution in [0.2, 0.25) is 0 Å². The van der Waals surface area contributed by atoms with Crippen LogP contribution in [0.5, 0.6) is 0 Å². The molecule has 2 fully saturated rings. The maximum Gasteiger partial charge on any atom is 0.254 e. The molecular weight excluding hydrogens is 328 g/mol. The maximum atomic E-state index is 12.9. The summed E-state index contributed by atoms with van der Waals surface area (Å²) in [5, 5.41) is 20.2.